The summed E-state index contributed by atoms with van der Waals surface area (Å²) in [6, 6.07) is 12.3. The third kappa shape index (κ3) is 5.38. The van der Waals surface area contributed by atoms with Gasteiger partial charge in [-0.05, 0) is 65.0 Å². The summed E-state index contributed by atoms with van der Waals surface area (Å²) in [5, 5.41) is 2.78. The van der Waals surface area contributed by atoms with Crippen LogP contribution in [0.1, 0.15) is 31.2 Å². The molecule has 2 aromatic rings. The van der Waals surface area contributed by atoms with Crippen molar-refractivity contribution in [3.05, 3.63) is 52.5 Å². The SMILES string of the molecule is COc1ccc(CCC(=O)Nc2ccccc2S(=O)(=O)N2CCCCC2)cc1Br. The second-order valence-electron chi connectivity index (χ2n) is 6.98. The molecule has 1 fully saturated rings. The number of anilines is 1. The first-order chi connectivity index (χ1) is 13.9. The molecule has 0 radical (unpaired) electrons. The zero-order chi connectivity index (χ0) is 20.9. The van der Waals surface area contributed by atoms with Gasteiger partial charge in [-0.3, -0.25) is 4.79 Å². The highest BCUT2D eigenvalue weighted by Crippen LogP contribution is 2.28. The smallest absolute Gasteiger partial charge is 0.245 e. The Kier molecular flexibility index (Phi) is 7.32. The summed E-state index contributed by atoms with van der Waals surface area (Å²) >= 11 is 3.44. The first-order valence-corrected chi connectivity index (χ1v) is 11.9. The molecule has 29 heavy (non-hydrogen) atoms. The van der Waals surface area contributed by atoms with Crippen LogP contribution in [0.15, 0.2) is 51.8 Å². The Morgan fingerprint density at radius 3 is 2.55 bits per heavy atom. The minimum Gasteiger partial charge on any atom is -0.496 e. The van der Waals surface area contributed by atoms with Crippen molar-refractivity contribution >= 4 is 37.5 Å². The summed E-state index contributed by atoms with van der Waals surface area (Å²) < 4.78 is 33.6. The number of carbonyl (C=O) groups excluding carboxylic acids is 1. The molecule has 156 valence electrons. The maximum absolute atomic E-state index is 13.0. The van der Waals surface area contributed by atoms with Gasteiger partial charge >= 0.3 is 0 Å². The molecule has 0 aliphatic carbocycles. The fourth-order valence-electron chi connectivity index (χ4n) is 3.38. The standard InChI is InChI=1S/C21H25BrN2O4S/c1-28-19-11-9-16(15-17(19)22)10-12-21(25)23-18-7-3-4-8-20(18)29(26,27)24-13-5-2-6-14-24/h3-4,7-9,11,15H,2,5-6,10,12-14H2,1H3,(H,23,25). The second-order valence-corrected chi connectivity index (χ2v) is 9.74. The third-order valence-electron chi connectivity index (χ3n) is 4.95. The van der Waals surface area contributed by atoms with Gasteiger partial charge < -0.3 is 10.1 Å². The Morgan fingerprint density at radius 1 is 1.14 bits per heavy atom. The monoisotopic (exact) mass is 480 g/mol. The molecule has 0 aromatic heterocycles. The van der Waals surface area contributed by atoms with Crippen LogP contribution in [0.25, 0.3) is 0 Å². The Balaban J connectivity index is 1.69. The van der Waals surface area contributed by atoms with E-state index in [-0.39, 0.29) is 17.2 Å². The highest BCUT2D eigenvalue weighted by Gasteiger charge is 2.28. The van der Waals surface area contributed by atoms with Gasteiger partial charge in [0.25, 0.3) is 0 Å². The van der Waals surface area contributed by atoms with Gasteiger partial charge in [0.2, 0.25) is 15.9 Å². The Bertz CT molecular complexity index is 972. The number of ether oxygens (including phenoxy) is 1. The van der Waals surface area contributed by atoms with Crippen molar-refractivity contribution in [3.63, 3.8) is 0 Å². The molecule has 0 saturated carbocycles. The first-order valence-electron chi connectivity index (χ1n) is 9.63. The first kappa shape index (κ1) is 21.8. The van der Waals surface area contributed by atoms with E-state index in [2.05, 4.69) is 21.2 Å². The fraction of sp³-hybridized carbons (Fsp3) is 0.381. The number of nitrogens with one attached hydrogen (secondary N) is 1. The van der Waals surface area contributed by atoms with Gasteiger partial charge in [0.15, 0.2) is 0 Å². The number of piperidine rings is 1. The van der Waals surface area contributed by atoms with E-state index in [9.17, 15) is 13.2 Å². The van der Waals surface area contributed by atoms with Crippen LogP contribution in [0.3, 0.4) is 0 Å². The number of amides is 1. The maximum Gasteiger partial charge on any atom is 0.245 e. The number of benzene rings is 2. The molecule has 2 aromatic carbocycles. The zero-order valence-electron chi connectivity index (χ0n) is 16.4. The summed E-state index contributed by atoms with van der Waals surface area (Å²) in [6.07, 6.45) is 3.56. The minimum atomic E-state index is -3.62. The van der Waals surface area contributed by atoms with E-state index >= 15 is 0 Å². The van der Waals surface area contributed by atoms with Crippen LogP contribution in [-0.2, 0) is 21.2 Å². The summed E-state index contributed by atoms with van der Waals surface area (Å²) in [5.74, 6) is 0.508. The van der Waals surface area contributed by atoms with Crippen LogP contribution in [0.4, 0.5) is 5.69 Å². The van der Waals surface area contributed by atoms with Gasteiger partial charge in [-0.15, -0.1) is 0 Å². The summed E-state index contributed by atoms with van der Waals surface area (Å²) in [6.45, 7) is 1.05. The Morgan fingerprint density at radius 2 is 1.86 bits per heavy atom. The van der Waals surface area contributed by atoms with Crippen molar-refractivity contribution in [2.24, 2.45) is 0 Å². The molecule has 1 amide bonds. The Labute approximate surface area is 180 Å². The zero-order valence-corrected chi connectivity index (χ0v) is 18.8. The number of methoxy groups -OCH3 is 1. The molecular formula is C21H25BrN2O4S. The van der Waals surface area contributed by atoms with Gasteiger partial charge in [0, 0.05) is 19.5 Å². The van der Waals surface area contributed by atoms with Gasteiger partial charge in [-0.2, -0.15) is 4.31 Å². The molecule has 0 bridgehead atoms. The average Bonchev–Trinajstić information content (AvgIpc) is 2.73. The molecule has 1 heterocycles. The number of hydrogen-bond acceptors (Lipinski definition) is 4. The van der Waals surface area contributed by atoms with Crippen LogP contribution in [-0.4, -0.2) is 38.8 Å². The molecule has 1 aliphatic rings. The number of hydrogen-bond donors (Lipinski definition) is 1. The molecule has 0 unspecified atom stereocenters. The largest absolute Gasteiger partial charge is 0.496 e. The van der Waals surface area contributed by atoms with Crippen LogP contribution in [0.5, 0.6) is 5.75 Å². The molecule has 1 N–H and O–H groups in total. The topological polar surface area (TPSA) is 75.7 Å². The lowest BCUT2D eigenvalue weighted by Crippen LogP contribution is -2.36. The van der Waals surface area contributed by atoms with Crippen molar-refractivity contribution in [3.8, 4) is 5.75 Å². The van der Waals surface area contributed by atoms with Crippen molar-refractivity contribution < 1.29 is 17.9 Å². The number of nitrogens with zero attached hydrogens (tertiary/aromatic N) is 1. The number of para-hydroxylation sites is 1. The third-order valence-corrected chi connectivity index (χ3v) is 7.53. The Hall–Kier alpha value is -1.90. The van der Waals surface area contributed by atoms with Crippen LogP contribution >= 0.6 is 15.9 Å². The number of aryl methyl sites for hydroxylation is 1. The van der Waals surface area contributed by atoms with E-state index in [1.807, 2.05) is 18.2 Å². The van der Waals surface area contributed by atoms with Gasteiger partial charge in [-0.1, -0.05) is 24.6 Å². The van der Waals surface area contributed by atoms with Crippen LogP contribution in [0, 0.1) is 0 Å². The molecule has 6 nitrogen and oxygen atoms in total. The van der Waals surface area contributed by atoms with Crippen LogP contribution < -0.4 is 10.1 Å². The lowest BCUT2D eigenvalue weighted by molar-refractivity contribution is -0.116. The van der Waals surface area contributed by atoms with Gasteiger partial charge in [-0.25, -0.2) is 8.42 Å². The van der Waals surface area contributed by atoms with E-state index in [4.69, 9.17) is 4.74 Å². The molecular weight excluding hydrogens is 456 g/mol. The van der Waals surface area contributed by atoms with Crippen molar-refractivity contribution in [1.29, 1.82) is 0 Å². The van der Waals surface area contributed by atoms with Gasteiger partial charge in [0.1, 0.15) is 10.6 Å². The number of rotatable bonds is 7. The maximum atomic E-state index is 13.0. The summed E-state index contributed by atoms with van der Waals surface area (Å²) in [4.78, 5) is 12.6. The fourth-order valence-corrected chi connectivity index (χ4v) is 5.63. The molecule has 0 atom stereocenters. The highest BCUT2D eigenvalue weighted by atomic mass is 79.9. The normalized spacial score (nSPS) is 15.1. The summed E-state index contributed by atoms with van der Waals surface area (Å²) in [7, 11) is -2.02. The molecule has 3 rings (SSSR count). The number of halogens is 1. The van der Waals surface area contributed by atoms with Gasteiger partial charge in [0.05, 0.1) is 17.3 Å². The average molecular weight is 481 g/mol. The molecule has 1 aliphatic heterocycles. The second kappa shape index (κ2) is 9.73. The predicted octanol–water partition coefficient (Wildman–Crippen LogP) is 4.20. The predicted molar refractivity (Wildman–Crippen MR) is 117 cm³/mol. The van der Waals surface area contributed by atoms with E-state index in [1.54, 1.807) is 31.4 Å². The van der Waals surface area contributed by atoms with Crippen molar-refractivity contribution in [1.82, 2.24) is 4.31 Å². The molecule has 8 heteroatoms. The summed E-state index contributed by atoms with van der Waals surface area (Å²) in [5.41, 5.74) is 1.32. The quantitative estimate of drug-likeness (QED) is 0.643. The number of carbonyl (C=O) groups is 1. The van der Waals surface area contributed by atoms with E-state index in [1.165, 1.54) is 4.31 Å². The highest BCUT2D eigenvalue weighted by molar-refractivity contribution is 9.10. The molecule has 0 spiro atoms. The number of sulfonamides is 1. The lowest BCUT2D eigenvalue weighted by Gasteiger charge is -2.26. The molecule has 1 saturated heterocycles. The van der Waals surface area contributed by atoms with E-state index < -0.39 is 10.0 Å². The van der Waals surface area contributed by atoms with Crippen LogP contribution in [0.2, 0.25) is 0 Å². The van der Waals surface area contributed by atoms with Crippen molar-refractivity contribution in [2.45, 2.75) is 37.0 Å². The van der Waals surface area contributed by atoms with E-state index in [0.717, 1.165) is 35.0 Å². The minimum absolute atomic E-state index is 0.155. The van der Waals surface area contributed by atoms with E-state index in [0.29, 0.717) is 25.2 Å². The van der Waals surface area contributed by atoms with Crippen molar-refractivity contribution in [2.75, 3.05) is 25.5 Å². The lowest BCUT2D eigenvalue weighted by atomic mass is 10.1.